The Morgan fingerprint density at radius 1 is 1.52 bits per heavy atom. The Hall–Kier alpha value is -1.90. The van der Waals surface area contributed by atoms with Gasteiger partial charge in [0.05, 0.1) is 30.9 Å². The maximum atomic E-state index is 13.4. The van der Waals surface area contributed by atoms with Crippen LogP contribution in [0.5, 0.6) is 0 Å². The topological polar surface area (TPSA) is 55.6 Å². The number of rotatable bonds is 1. The molecule has 0 aromatic heterocycles. The van der Waals surface area contributed by atoms with Crippen molar-refractivity contribution in [3.8, 4) is 11.8 Å². The molecule has 0 spiro atoms. The second kappa shape index (κ2) is 6.70. The van der Waals surface area contributed by atoms with Crippen LogP contribution >= 0.6 is 0 Å². The fraction of sp³-hybridized carbons (Fsp3) is 0.438. The molecule has 1 amide bonds. The van der Waals surface area contributed by atoms with Gasteiger partial charge in [-0.2, -0.15) is 0 Å². The number of hydrogen-bond acceptors (Lipinski definition) is 3. The van der Waals surface area contributed by atoms with E-state index in [9.17, 15) is 9.18 Å². The Kier molecular flexibility index (Phi) is 4.94. The molecule has 2 rings (SSSR count). The molecular formula is C16H19FN2O2. The molecule has 0 aliphatic carbocycles. The Morgan fingerprint density at radius 2 is 2.29 bits per heavy atom. The second-order valence-electron chi connectivity index (χ2n) is 5.15. The third kappa shape index (κ3) is 3.60. The van der Waals surface area contributed by atoms with Gasteiger partial charge in [-0.1, -0.05) is 11.8 Å². The smallest absolute Gasteiger partial charge is 0.255 e. The van der Waals surface area contributed by atoms with E-state index in [-0.39, 0.29) is 24.6 Å². The lowest BCUT2D eigenvalue weighted by Crippen LogP contribution is -2.50. The highest BCUT2D eigenvalue weighted by Crippen LogP contribution is 2.18. The minimum Gasteiger partial charge on any atom is -0.375 e. The van der Waals surface area contributed by atoms with Crippen LogP contribution in [0.4, 0.5) is 4.39 Å². The highest BCUT2D eigenvalue weighted by Gasteiger charge is 2.29. The third-order valence-corrected chi connectivity index (χ3v) is 3.41. The number of morpholine rings is 1. The van der Waals surface area contributed by atoms with Crippen LogP contribution < -0.4 is 5.73 Å². The number of carbonyl (C=O) groups is 1. The molecule has 21 heavy (non-hydrogen) atoms. The Labute approximate surface area is 124 Å². The summed E-state index contributed by atoms with van der Waals surface area (Å²) in [6.07, 6.45) is -0.0100. The van der Waals surface area contributed by atoms with Crippen LogP contribution in [0, 0.1) is 17.7 Å². The first-order valence-corrected chi connectivity index (χ1v) is 6.94. The van der Waals surface area contributed by atoms with Gasteiger partial charge in [-0.3, -0.25) is 4.79 Å². The van der Waals surface area contributed by atoms with E-state index < -0.39 is 5.82 Å². The summed E-state index contributed by atoms with van der Waals surface area (Å²) in [5, 5.41) is 0. The molecule has 112 valence electrons. The first-order chi connectivity index (χ1) is 10.0. The Balaban J connectivity index is 2.34. The van der Waals surface area contributed by atoms with Crippen molar-refractivity contribution in [1.82, 2.24) is 4.90 Å². The van der Waals surface area contributed by atoms with E-state index in [1.807, 2.05) is 13.8 Å². The summed E-state index contributed by atoms with van der Waals surface area (Å²) in [4.78, 5) is 14.4. The van der Waals surface area contributed by atoms with Crippen molar-refractivity contribution in [2.75, 3.05) is 19.7 Å². The van der Waals surface area contributed by atoms with Crippen LogP contribution in [0.25, 0.3) is 0 Å². The summed E-state index contributed by atoms with van der Waals surface area (Å²) < 4.78 is 18.9. The molecule has 0 saturated carbocycles. The van der Waals surface area contributed by atoms with Gasteiger partial charge >= 0.3 is 0 Å². The maximum absolute atomic E-state index is 13.4. The van der Waals surface area contributed by atoms with E-state index in [2.05, 4.69) is 11.8 Å². The predicted molar refractivity (Wildman–Crippen MR) is 78.2 cm³/mol. The quantitative estimate of drug-likeness (QED) is 0.795. The van der Waals surface area contributed by atoms with E-state index in [0.717, 1.165) is 0 Å². The van der Waals surface area contributed by atoms with Crippen LogP contribution in [0.3, 0.4) is 0 Å². The van der Waals surface area contributed by atoms with Gasteiger partial charge in [-0.05, 0) is 32.0 Å². The number of hydrogen-bond donors (Lipinski definition) is 1. The third-order valence-electron chi connectivity index (χ3n) is 3.41. The molecule has 4 nitrogen and oxygen atoms in total. The Bertz CT molecular complexity index is 592. The first-order valence-electron chi connectivity index (χ1n) is 6.94. The number of amides is 1. The van der Waals surface area contributed by atoms with Crippen LogP contribution in [-0.2, 0) is 4.74 Å². The molecule has 1 aliphatic rings. The number of nitrogens with two attached hydrogens (primary N) is 1. The van der Waals surface area contributed by atoms with Gasteiger partial charge in [0.1, 0.15) is 5.82 Å². The number of halogens is 1. The summed E-state index contributed by atoms with van der Waals surface area (Å²) in [6, 6.07) is 4.00. The average molecular weight is 290 g/mol. The van der Waals surface area contributed by atoms with Gasteiger partial charge in [0.2, 0.25) is 0 Å². The zero-order chi connectivity index (χ0) is 15.4. The molecule has 0 bridgehead atoms. The minimum atomic E-state index is -0.420. The molecule has 1 fully saturated rings. The number of ether oxygens (including phenoxy) is 1. The van der Waals surface area contributed by atoms with E-state index >= 15 is 0 Å². The summed E-state index contributed by atoms with van der Waals surface area (Å²) >= 11 is 0. The van der Waals surface area contributed by atoms with Crippen molar-refractivity contribution in [3.63, 3.8) is 0 Å². The monoisotopic (exact) mass is 290 g/mol. The predicted octanol–water partition coefficient (Wildman–Crippen LogP) is 1.39. The van der Waals surface area contributed by atoms with Gasteiger partial charge in [0, 0.05) is 12.1 Å². The van der Waals surface area contributed by atoms with Crippen LogP contribution in [0.15, 0.2) is 18.2 Å². The first kappa shape index (κ1) is 15.5. The van der Waals surface area contributed by atoms with Crippen molar-refractivity contribution in [2.24, 2.45) is 5.73 Å². The molecule has 1 aliphatic heterocycles. The van der Waals surface area contributed by atoms with Crippen LogP contribution in [0.1, 0.15) is 29.8 Å². The zero-order valence-corrected chi connectivity index (χ0v) is 12.2. The Morgan fingerprint density at radius 3 is 3.00 bits per heavy atom. The van der Waals surface area contributed by atoms with Crippen molar-refractivity contribution in [3.05, 3.63) is 35.1 Å². The highest BCUT2D eigenvalue weighted by atomic mass is 19.1. The molecule has 1 heterocycles. The SMILES string of the molecule is CC1CN(C(=O)c2ccc(F)cc2C#CCN)C(C)CO1. The largest absolute Gasteiger partial charge is 0.375 e. The van der Waals surface area contributed by atoms with Gasteiger partial charge in [0.25, 0.3) is 5.91 Å². The van der Waals surface area contributed by atoms with E-state index in [1.54, 1.807) is 4.90 Å². The molecule has 1 saturated heterocycles. The molecule has 5 heteroatoms. The zero-order valence-electron chi connectivity index (χ0n) is 12.2. The average Bonchev–Trinajstić information content (AvgIpc) is 2.47. The maximum Gasteiger partial charge on any atom is 0.255 e. The number of carbonyl (C=O) groups excluding carboxylic acids is 1. The molecule has 2 atom stereocenters. The summed E-state index contributed by atoms with van der Waals surface area (Å²) in [7, 11) is 0. The summed E-state index contributed by atoms with van der Waals surface area (Å²) in [6.45, 7) is 5.03. The molecule has 2 unspecified atom stereocenters. The van der Waals surface area contributed by atoms with Gasteiger partial charge in [-0.25, -0.2) is 4.39 Å². The lowest BCUT2D eigenvalue weighted by Gasteiger charge is -2.37. The fourth-order valence-electron chi connectivity index (χ4n) is 2.29. The standard InChI is InChI=1S/C16H19FN2O2/c1-11-10-21-12(2)9-19(11)16(20)15-6-5-14(17)8-13(15)4-3-7-18/h5-6,8,11-12H,7,9-10,18H2,1-2H3. The van der Waals surface area contributed by atoms with Crippen LogP contribution in [-0.4, -0.2) is 42.6 Å². The second-order valence-corrected chi connectivity index (χ2v) is 5.15. The minimum absolute atomic E-state index is 0.0100. The summed E-state index contributed by atoms with van der Waals surface area (Å²) in [5.41, 5.74) is 6.12. The number of benzene rings is 1. The van der Waals surface area contributed by atoms with Crippen molar-refractivity contribution in [1.29, 1.82) is 0 Å². The van der Waals surface area contributed by atoms with E-state index in [4.69, 9.17) is 10.5 Å². The molecule has 2 N–H and O–H groups in total. The van der Waals surface area contributed by atoms with Crippen molar-refractivity contribution < 1.29 is 13.9 Å². The van der Waals surface area contributed by atoms with Gasteiger partial charge in [0.15, 0.2) is 0 Å². The lowest BCUT2D eigenvalue weighted by molar-refractivity contribution is -0.0387. The van der Waals surface area contributed by atoms with Crippen molar-refractivity contribution in [2.45, 2.75) is 26.0 Å². The molecule has 0 radical (unpaired) electrons. The van der Waals surface area contributed by atoms with Crippen molar-refractivity contribution >= 4 is 5.91 Å². The molecular weight excluding hydrogens is 271 g/mol. The summed E-state index contributed by atoms with van der Waals surface area (Å²) in [5.74, 6) is 4.86. The molecule has 1 aromatic rings. The van der Waals surface area contributed by atoms with E-state index in [0.29, 0.717) is 24.3 Å². The number of nitrogens with zero attached hydrogens (tertiary/aromatic N) is 1. The highest BCUT2D eigenvalue weighted by molar-refractivity contribution is 5.97. The van der Waals surface area contributed by atoms with Crippen LogP contribution in [0.2, 0.25) is 0 Å². The van der Waals surface area contributed by atoms with Gasteiger partial charge in [-0.15, -0.1) is 0 Å². The molecule has 1 aromatic carbocycles. The van der Waals surface area contributed by atoms with E-state index in [1.165, 1.54) is 18.2 Å². The van der Waals surface area contributed by atoms with Gasteiger partial charge < -0.3 is 15.4 Å². The fourth-order valence-corrected chi connectivity index (χ4v) is 2.29. The normalized spacial score (nSPS) is 21.6. The lowest BCUT2D eigenvalue weighted by atomic mass is 10.0.